The molecule has 3 aromatic rings. The van der Waals surface area contributed by atoms with E-state index >= 15 is 0 Å². The highest BCUT2D eigenvalue weighted by Gasteiger charge is 2.24. The Morgan fingerprint density at radius 3 is 3.00 bits per heavy atom. The minimum atomic E-state index is 0.455. The van der Waals surface area contributed by atoms with E-state index in [1.807, 2.05) is 6.20 Å². The normalized spacial score (nSPS) is 18.6. The Morgan fingerprint density at radius 1 is 1.28 bits per heavy atom. The van der Waals surface area contributed by atoms with Gasteiger partial charge in [0.05, 0.1) is 16.9 Å². The van der Waals surface area contributed by atoms with Crippen LogP contribution in [0.15, 0.2) is 43.1 Å². The molecular weight excluding hydrogens is 312 g/mol. The van der Waals surface area contributed by atoms with Crippen molar-refractivity contribution in [3.63, 3.8) is 0 Å². The molecule has 0 radical (unpaired) electrons. The number of anilines is 1. The predicted octanol–water partition coefficient (Wildman–Crippen LogP) is 2.57. The Kier molecular flexibility index (Phi) is 4.36. The van der Waals surface area contributed by atoms with Crippen molar-refractivity contribution in [3.05, 3.63) is 54.5 Å². The van der Waals surface area contributed by atoms with Gasteiger partial charge in [-0.25, -0.2) is 4.98 Å². The Labute approximate surface area is 148 Å². The Morgan fingerprint density at radius 2 is 2.20 bits per heavy atom. The zero-order chi connectivity index (χ0) is 17.2. The third-order valence-corrected chi connectivity index (χ3v) is 4.86. The number of nitrogens with zero attached hydrogens (tertiary/aromatic N) is 6. The molecule has 1 fully saturated rings. The summed E-state index contributed by atoms with van der Waals surface area (Å²) in [6.07, 6.45) is 12.0. The van der Waals surface area contributed by atoms with Crippen LogP contribution in [0.1, 0.15) is 30.1 Å². The predicted molar refractivity (Wildman–Crippen MR) is 98.8 cm³/mol. The molecule has 3 aromatic heterocycles. The minimum Gasteiger partial charge on any atom is -0.361 e. The van der Waals surface area contributed by atoms with Gasteiger partial charge in [0.1, 0.15) is 0 Å². The van der Waals surface area contributed by atoms with Crippen LogP contribution in [0.4, 0.5) is 5.82 Å². The second kappa shape index (κ2) is 6.80. The molecule has 4 heterocycles. The van der Waals surface area contributed by atoms with E-state index in [-0.39, 0.29) is 0 Å². The van der Waals surface area contributed by atoms with Crippen molar-refractivity contribution >= 4 is 11.3 Å². The molecular formula is C19H24N6. The molecule has 0 saturated carbocycles. The average molecular weight is 336 g/mol. The van der Waals surface area contributed by atoms with Gasteiger partial charge in [0, 0.05) is 64.1 Å². The van der Waals surface area contributed by atoms with Crippen molar-refractivity contribution in [2.75, 3.05) is 32.1 Å². The van der Waals surface area contributed by atoms with Gasteiger partial charge in [-0.1, -0.05) is 0 Å². The van der Waals surface area contributed by atoms with Crippen LogP contribution in [0.25, 0.3) is 5.52 Å². The summed E-state index contributed by atoms with van der Waals surface area (Å²) in [5.74, 6) is 1.49. The summed E-state index contributed by atoms with van der Waals surface area (Å²) < 4.78 is 2.19. The van der Waals surface area contributed by atoms with Crippen LogP contribution in [-0.2, 0) is 6.54 Å². The van der Waals surface area contributed by atoms with Crippen molar-refractivity contribution in [1.29, 1.82) is 0 Å². The number of piperidine rings is 1. The second-order valence-electron chi connectivity index (χ2n) is 6.96. The highest BCUT2D eigenvalue weighted by atomic mass is 15.2. The molecule has 6 nitrogen and oxygen atoms in total. The van der Waals surface area contributed by atoms with Crippen LogP contribution in [0.3, 0.4) is 0 Å². The average Bonchev–Trinajstić information content (AvgIpc) is 3.10. The lowest BCUT2D eigenvalue weighted by atomic mass is 9.95. The smallest absolute Gasteiger partial charge is 0.152 e. The van der Waals surface area contributed by atoms with Gasteiger partial charge in [-0.05, 0) is 31.5 Å². The van der Waals surface area contributed by atoms with Gasteiger partial charge in [0.25, 0.3) is 0 Å². The summed E-state index contributed by atoms with van der Waals surface area (Å²) in [5.41, 5.74) is 3.36. The van der Waals surface area contributed by atoms with Crippen LogP contribution in [0.2, 0.25) is 0 Å². The third-order valence-electron chi connectivity index (χ3n) is 4.86. The first kappa shape index (κ1) is 16.0. The summed E-state index contributed by atoms with van der Waals surface area (Å²) in [6.45, 7) is 2.99. The van der Waals surface area contributed by atoms with E-state index in [2.05, 4.69) is 62.8 Å². The Hall–Kier alpha value is -2.47. The first-order valence-corrected chi connectivity index (χ1v) is 8.83. The maximum atomic E-state index is 4.99. The first-order chi connectivity index (χ1) is 12.2. The topological polar surface area (TPSA) is 49.6 Å². The number of rotatable bonds is 4. The molecule has 0 aromatic carbocycles. The van der Waals surface area contributed by atoms with Gasteiger partial charge in [0.15, 0.2) is 5.82 Å². The van der Waals surface area contributed by atoms with E-state index in [1.165, 1.54) is 18.5 Å². The SMILES string of the molecule is CN(C)c1nc([C@H]2CCCN(Cc3cnccn3)C2)cn2cccc12. The lowest BCUT2D eigenvalue weighted by Gasteiger charge is -2.32. The number of hydrogen-bond donors (Lipinski definition) is 0. The monoisotopic (exact) mass is 336 g/mol. The van der Waals surface area contributed by atoms with E-state index in [0.29, 0.717) is 5.92 Å². The highest BCUT2D eigenvalue weighted by molar-refractivity contribution is 5.69. The maximum Gasteiger partial charge on any atom is 0.152 e. The van der Waals surface area contributed by atoms with E-state index in [9.17, 15) is 0 Å². The fraction of sp³-hybridized carbons (Fsp3) is 0.421. The van der Waals surface area contributed by atoms with Crippen LogP contribution < -0.4 is 4.90 Å². The summed E-state index contributed by atoms with van der Waals surface area (Å²) in [6, 6.07) is 4.20. The molecule has 0 aliphatic carbocycles. The van der Waals surface area contributed by atoms with E-state index in [4.69, 9.17) is 4.98 Å². The van der Waals surface area contributed by atoms with Gasteiger partial charge in [-0.3, -0.25) is 14.9 Å². The minimum absolute atomic E-state index is 0.455. The molecule has 0 bridgehead atoms. The summed E-state index contributed by atoms with van der Waals surface area (Å²) >= 11 is 0. The molecule has 130 valence electrons. The molecule has 1 atom stereocenters. The van der Waals surface area contributed by atoms with Crippen LogP contribution in [-0.4, -0.2) is 51.4 Å². The highest BCUT2D eigenvalue weighted by Crippen LogP contribution is 2.29. The molecule has 0 N–H and O–H groups in total. The van der Waals surface area contributed by atoms with Crippen molar-refractivity contribution < 1.29 is 0 Å². The summed E-state index contributed by atoms with van der Waals surface area (Å²) in [4.78, 5) is 18.1. The first-order valence-electron chi connectivity index (χ1n) is 8.83. The third kappa shape index (κ3) is 3.35. The molecule has 1 aliphatic heterocycles. The molecule has 0 unspecified atom stereocenters. The van der Waals surface area contributed by atoms with E-state index in [1.54, 1.807) is 12.4 Å². The fourth-order valence-electron chi connectivity index (χ4n) is 3.65. The molecule has 0 amide bonds. The molecule has 1 aliphatic rings. The molecule has 6 heteroatoms. The Balaban J connectivity index is 1.57. The fourth-order valence-corrected chi connectivity index (χ4v) is 3.65. The molecule has 0 spiro atoms. The van der Waals surface area contributed by atoms with Gasteiger partial charge in [-0.2, -0.15) is 0 Å². The lowest BCUT2D eigenvalue weighted by Crippen LogP contribution is -2.34. The van der Waals surface area contributed by atoms with Crippen LogP contribution in [0.5, 0.6) is 0 Å². The Bertz CT molecular complexity index is 842. The molecule has 25 heavy (non-hydrogen) atoms. The van der Waals surface area contributed by atoms with Gasteiger partial charge in [0.2, 0.25) is 0 Å². The number of likely N-dealkylation sites (tertiary alicyclic amines) is 1. The van der Waals surface area contributed by atoms with Crippen LogP contribution in [0, 0.1) is 0 Å². The van der Waals surface area contributed by atoms with Gasteiger partial charge in [-0.15, -0.1) is 0 Å². The molecule has 1 saturated heterocycles. The van der Waals surface area contributed by atoms with Crippen molar-refractivity contribution in [2.24, 2.45) is 0 Å². The quantitative estimate of drug-likeness (QED) is 0.733. The van der Waals surface area contributed by atoms with Crippen molar-refractivity contribution in [1.82, 2.24) is 24.3 Å². The lowest BCUT2D eigenvalue weighted by molar-refractivity contribution is 0.196. The summed E-state index contributed by atoms with van der Waals surface area (Å²) in [5, 5.41) is 0. The zero-order valence-corrected chi connectivity index (χ0v) is 14.8. The number of fused-ring (bicyclic) bond motifs is 1. The summed E-state index contributed by atoms with van der Waals surface area (Å²) in [7, 11) is 4.11. The van der Waals surface area contributed by atoms with Gasteiger partial charge < -0.3 is 9.30 Å². The number of hydrogen-bond acceptors (Lipinski definition) is 5. The van der Waals surface area contributed by atoms with Crippen molar-refractivity contribution in [3.8, 4) is 0 Å². The van der Waals surface area contributed by atoms with Crippen molar-refractivity contribution in [2.45, 2.75) is 25.3 Å². The van der Waals surface area contributed by atoms with E-state index < -0.39 is 0 Å². The van der Waals surface area contributed by atoms with Gasteiger partial charge >= 0.3 is 0 Å². The largest absolute Gasteiger partial charge is 0.361 e. The standard InChI is InChI=1S/C19H24N6/c1-23(2)19-18-6-4-10-25(18)14-17(22-19)15-5-3-9-24(12-15)13-16-11-20-7-8-21-16/h4,6-8,10-11,14-15H,3,5,9,12-13H2,1-2H3/t15-/m0/s1. The molecule has 4 rings (SSSR count). The second-order valence-corrected chi connectivity index (χ2v) is 6.96. The van der Waals surface area contributed by atoms with Crippen LogP contribution >= 0.6 is 0 Å². The maximum absolute atomic E-state index is 4.99. The van der Waals surface area contributed by atoms with E-state index in [0.717, 1.165) is 36.7 Å². The zero-order valence-electron chi connectivity index (χ0n) is 14.8. The number of aromatic nitrogens is 4.